The first-order valence-corrected chi connectivity index (χ1v) is 10.5. The van der Waals surface area contributed by atoms with Crippen molar-refractivity contribution in [2.45, 2.75) is 13.8 Å². The van der Waals surface area contributed by atoms with Gasteiger partial charge < -0.3 is 10.6 Å². The molecule has 0 aliphatic carbocycles. The lowest BCUT2D eigenvalue weighted by Crippen LogP contribution is -2.33. The molecule has 0 fully saturated rings. The summed E-state index contributed by atoms with van der Waals surface area (Å²) in [5.41, 5.74) is 3.89. The van der Waals surface area contributed by atoms with E-state index < -0.39 is 0 Å². The normalized spacial score (nSPS) is 10.6. The molecule has 30 heavy (non-hydrogen) atoms. The zero-order valence-corrected chi connectivity index (χ0v) is 18.2. The Morgan fingerprint density at radius 2 is 1.77 bits per heavy atom. The van der Waals surface area contributed by atoms with Gasteiger partial charge in [-0.05, 0) is 79.0 Å². The summed E-state index contributed by atoms with van der Waals surface area (Å²) < 4.78 is 0. The van der Waals surface area contributed by atoms with Crippen LogP contribution in [-0.4, -0.2) is 16.9 Å². The molecule has 2 aromatic carbocycles. The van der Waals surface area contributed by atoms with E-state index in [2.05, 4.69) is 16.0 Å². The summed E-state index contributed by atoms with van der Waals surface area (Å²) >= 11 is 6.76. The third-order valence-electron chi connectivity index (χ3n) is 4.36. The van der Waals surface area contributed by atoms with Crippen LogP contribution >= 0.6 is 23.6 Å². The summed E-state index contributed by atoms with van der Waals surface area (Å²) in [6.07, 6.45) is 3.13. The second kappa shape index (κ2) is 9.96. The fourth-order valence-electron chi connectivity index (χ4n) is 2.66. The third kappa shape index (κ3) is 5.85. The van der Waals surface area contributed by atoms with Crippen LogP contribution in [-0.2, 0) is 4.79 Å². The van der Waals surface area contributed by atoms with Crippen LogP contribution in [0.3, 0.4) is 0 Å². The molecule has 0 saturated heterocycles. The molecule has 0 bridgehead atoms. The maximum atomic E-state index is 12.8. The van der Waals surface area contributed by atoms with Gasteiger partial charge in [0.1, 0.15) is 0 Å². The van der Waals surface area contributed by atoms with Crippen molar-refractivity contribution in [2.24, 2.45) is 0 Å². The molecular weight excluding hydrogens is 414 g/mol. The van der Waals surface area contributed by atoms with E-state index in [1.165, 1.54) is 17.4 Å². The van der Waals surface area contributed by atoms with Crippen LogP contribution in [0.25, 0.3) is 6.08 Å². The number of aryl methyl sites for hydroxylation is 2. The highest BCUT2D eigenvalue weighted by Gasteiger charge is 2.13. The summed E-state index contributed by atoms with van der Waals surface area (Å²) in [4.78, 5) is 25.8. The molecule has 0 aliphatic heterocycles. The van der Waals surface area contributed by atoms with Crippen molar-refractivity contribution in [1.29, 1.82) is 0 Å². The summed E-state index contributed by atoms with van der Waals surface area (Å²) in [5.74, 6) is -0.619. The van der Waals surface area contributed by atoms with Gasteiger partial charge in [0, 0.05) is 16.6 Å². The fraction of sp³-hybridized carbons (Fsp3) is 0.0870. The molecule has 3 N–H and O–H groups in total. The minimum atomic E-state index is -0.349. The van der Waals surface area contributed by atoms with Crippen LogP contribution in [0.2, 0.25) is 0 Å². The number of anilines is 2. The van der Waals surface area contributed by atoms with Gasteiger partial charge in [0.15, 0.2) is 5.11 Å². The van der Waals surface area contributed by atoms with Crippen LogP contribution < -0.4 is 16.0 Å². The van der Waals surface area contributed by atoms with E-state index in [0.29, 0.717) is 16.9 Å². The first-order valence-electron chi connectivity index (χ1n) is 9.23. The summed E-state index contributed by atoms with van der Waals surface area (Å²) in [6, 6.07) is 16.6. The van der Waals surface area contributed by atoms with Crippen molar-refractivity contribution in [2.75, 3.05) is 10.6 Å². The molecule has 1 aromatic heterocycles. The number of para-hydroxylation sites is 1. The Labute approximate surface area is 184 Å². The van der Waals surface area contributed by atoms with Crippen molar-refractivity contribution >= 4 is 57.9 Å². The Balaban J connectivity index is 1.65. The quantitative estimate of drug-likeness (QED) is 0.383. The van der Waals surface area contributed by atoms with E-state index in [-0.39, 0.29) is 16.9 Å². The van der Waals surface area contributed by atoms with Gasteiger partial charge in [0.25, 0.3) is 5.91 Å². The molecule has 0 unspecified atom stereocenters. The molecule has 7 heteroatoms. The number of carbonyl (C=O) groups is 2. The lowest BCUT2D eigenvalue weighted by Gasteiger charge is -2.13. The number of thiophene rings is 1. The maximum absolute atomic E-state index is 12.8. The average molecular weight is 436 g/mol. The van der Waals surface area contributed by atoms with Gasteiger partial charge in [-0.1, -0.05) is 24.3 Å². The standard InChI is InChI=1S/C23H21N3O2S2/c1-15-9-10-17(14-16(15)2)24-22(28)19-7-3-4-8-20(19)25-23(29)26-21(27)12-11-18-6-5-13-30-18/h3-14H,1-2H3,(H,24,28)(H2,25,26,27,29)/b12-11+. The molecule has 3 rings (SSSR count). The molecule has 152 valence electrons. The molecular formula is C23H21N3O2S2. The Morgan fingerprint density at radius 3 is 2.50 bits per heavy atom. The predicted octanol–water partition coefficient (Wildman–Crippen LogP) is 5.14. The van der Waals surface area contributed by atoms with Crippen molar-refractivity contribution in [3.63, 3.8) is 0 Å². The number of benzene rings is 2. The van der Waals surface area contributed by atoms with Crippen molar-refractivity contribution in [3.05, 3.63) is 87.6 Å². The van der Waals surface area contributed by atoms with Gasteiger partial charge in [-0.3, -0.25) is 14.9 Å². The summed E-state index contributed by atoms with van der Waals surface area (Å²) in [7, 11) is 0. The molecule has 0 aliphatic rings. The molecule has 0 atom stereocenters. The largest absolute Gasteiger partial charge is 0.332 e. The molecule has 0 saturated carbocycles. The topological polar surface area (TPSA) is 70.2 Å². The molecule has 1 heterocycles. The number of rotatable bonds is 5. The number of carbonyl (C=O) groups excluding carboxylic acids is 2. The molecule has 0 spiro atoms. The van der Waals surface area contributed by atoms with E-state index >= 15 is 0 Å². The van der Waals surface area contributed by atoms with Crippen LogP contribution in [0.5, 0.6) is 0 Å². The van der Waals surface area contributed by atoms with E-state index in [0.717, 1.165) is 16.0 Å². The van der Waals surface area contributed by atoms with Gasteiger partial charge in [-0.25, -0.2) is 0 Å². The second-order valence-corrected chi connectivity index (χ2v) is 7.98. The SMILES string of the molecule is Cc1ccc(NC(=O)c2ccccc2NC(=S)NC(=O)/C=C/c2cccs2)cc1C. The number of nitrogens with one attached hydrogen (secondary N) is 3. The van der Waals surface area contributed by atoms with Gasteiger partial charge in [0.2, 0.25) is 5.91 Å². The average Bonchev–Trinajstić information content (AvgIpc) is 3.23. The van der Waals surface area contributed by atoms with E-state index in [4.69, 9.17) is 12.2 Å². The fourth-order valence-corrected chi connectivity index (χ4v) is 3.49. The Morgan fingerprint density at radius 1 is 0.967 bits per heavy atom. The molecule has 3 aromatic rings. The highest BCUT2D eigenvalue weighted by atomic mass is 32.1. The highest BCUT2D eigenvalue weighted by Crippen LogP contribution is 2.19. The lowest BCUT2D eigenvalue weighted by atomic mass is 10.1. The summed E-state index contributed by atoms with van der Waals surface area (Å²) in [5, 5.41) is 10.5. The van der Waals surface area contributed by atoms with Crippen LogP contribution in [0.15, 0.2) is 66.1 Å². The highest BCUT2D eigenvalue weighted by molar-refractivity contribution is 7.80. The minimum Gasteiger partial charge on any atom is -0.332 e. The molecule has 5 nitrogen and oxygen atoms in total. The van der Waals surface area contributed by atoms with E-state index in [1.807, 2.05) is 49.6 Å². The van der Waals surface area contributed by atoms with Crippen molar-refractivity contribution in [3.8, 4) is 0 Å². The van der Waals surface area contributed by atoms with Crippen LogP contribution in [0.1, 0.15) is 26.4 Å². The Hall–Kier alpha value is -3.29. The van der Waals surface area contributed by atoms with Gasteiger partial charge in [-0.2, -0.15) is 0 Å². The van der Waals surface area contributed by atoms with Gasteiger partial charge >= 0.3 is 0 Å². The number of hydrogen-bond acceptors (Lipinski definition) is 4. The monoisotopic (exact) mass is 435 g/mol. The third-order valence-corrected chi connectivity index (χ3v) is 5.41. The van der Waals surface area contributed by atoms with E-state index in [1.54, 1.807) is 30.3 Å². The minimum absolute atomic E-state index is 0.113. The van der Waals surface area contributed by atoms with Crippen molar-refractivity contribution in [1.82, 2.24) is 5.32 Å². The van der Waals surface area contributed by atoms with E-state index in [9.17, 15) is 9.59 Å². The zero-order valence-electron chi connectivity index (χ0n) is 16.6. The van der Waals surface area contributed by atoms with Crippen LogP contribution in [0.4, 0.5) is 11.4 Å². The predicted molar refractivity (Wildman–Crippen MR) is 128 cm³/mol. The molecule has 2 amide bonds. The first-order chi connectivity index (χ1) is 14.4. The van der Waals surface area contributed by atoms with Crippen LogP contribution in [0, 0.1) is 13.8 Å². The second-order valence-electron chi connectivity index (χ2n) is 6.59. The Kier molecular flexibility index (Phi) is 7.11. The Bertz CT molecular complexity index is 1110. The number of hydrogen-bond donors (Lipinski definition) is 3. The lowest BCUT2D eigenvalue weighted by molar-refractivity contribution is -0.115. The van der Waals surface area contributed by atoms with Crippen molar-refractivity contribution < 1.29 is 9.59 Å². The number of amides is 2. The van der Waals surface area contributed by atoms with Gasteiger partial charge in [-0.15, -0.1) is 11.3 Å². The number of thiocarbonyl (C=S) groups is 1. The molecule has 0 radical (unpaired) electrons. The maximum Gasteiger partial charge on any atom is 0.257 e. The van der Waals surface area contributed by atoms with Gasteiger partial charge in [0.05, 0.1) is 11.3 Å². The summed E-state index contributed by atoms with van der Waals surface area (Å²) in [6.45, 7) is 4.01. The first kappa shape index (κ1) is 21.4. The smallest absolute Gasteiger partial charge is 0.257 e. The zero-order chi connectivity index (χ0) is 21.5.